The number of fused-ring (bicyclic) bond motifs is 1. The molecule has 0 unspecified atom stereocenters. The Hall–Kier alpha value is -2.06. The van der Waals surface area contributed by atoms with E-state index in [9.17, 15) is 0 Å². The highest BCUT2D eigenvalue weighted by atomic mass is 32.1. The van der Waals surface area contributed by atoms with E-state index in [0.717, 1.165) is 54.2 Å². The fraction of sp³-hybridized carbons (Fsp3) is 0.333. The Bertz CT molecular complexity index is 888. The van der Waals surface area contributed by atoms with Gasteiger partial charge in [-0.2, -0.15) is 0 Å². The van der Waals surface area contributed by atoms with E-state index < -0.39 is 0 Å². The number of ether oxygens (including phenoxy) is 1. The Morgan fingerprint density at radius 3 is 2.84 bits per heavy atom. The molecule has 1 aliphatic heterocycles. The van der Waals surface area contributed by atoms with E-state index in [1.54, 1.807) is 11.3 Å². The molecule has 3 heterocycles. The number of rotatable bonds is 4. The number of hydrogen-bond acceptors (Lipinski definition) is 7. The molecule has 1 saturated heterocycles. The molecule has 1 fully saturated rings. The Morgan fingerprint density at radius 2 is 2.04 bits per heavy atom. The highest BCUT2D eigenvalue weighted by Crippen LogP contribution is 2.32. The van der Waals surface area contributed by atoms with Crippen LogP contribution >= 0.6 is 11.3 Å². The number of hydrogen-bond donors (Lipinski definition) is 2. The summed E-state index contributed by atoms with van der Waals surface area (Å²) >= 11 is 1.61. The van der Waals surface area contributed by atoms with Crippen molar-refractivity contribution in [3.05, 3.63) is 40.8 Å². The van der Waals surface area contributed by atoms with Crippen molar-refractivity contribution in [2.75, 3.05) is 31.7 Å². The molecule has 3 aromatic rings. The van der Waals surface area contributed by atoms with Gasteiger partial charge in [0.1, 0.15) is 0 Å². The lowest BCUT2D eigenvalue weighted by Crippen LogP contribution is -2.35. The van der Waals surface area contributed by atoms with Gasteiger partial charge in [-0.25, -0.2) is 15.8 Å². The topological polar surface area (TPSA) is 76.3 Å². The van der Waals surface area contributed by atoms with Gasteiger partial charge in [0, 0.05) is 25.2 Å². The molecule has 0 saturated carbocycles. The zero-order valence-corrected chi connectivity index (χ0v) is 15.0. The Labute approximate surface area is 150 Å². The summed E-state index contributed by atoms with van der Waals surface area (Å²) in [6.07, 6.45) is 0. The molecule has 7 heteroatoms. The van der Waals surface area contributed by atoms with Gasteiger partial charge in [-0.15, -0.1) is 11.3 Å². The van der Waals surface area contributed by atoms with Gasteiger partial charge < -0.3 is 10.2 Å². The maximum Gasteiger partial charge on any atom is 0.162 e. The van der Waals surface area contributed by atoms with Gasteiger partial charge in [0.15, 0.2) is 11.6 Å². The normalized spacial score (nSPS) is 15.6. The first kappa shape index (κ1) is 16.4. The summed E-state index contributed by atoms with van der Waals surface area (Å²) in [4.78, 5) is 11.9. The summed E-state index contributed by atoms with van der Waals surface area (Å²) in [5.74, 6) is 7.10. The molecule has 25 heavy (non-hydrogen) atoms. The van der Waals surface area contributed by atoms with Gasteiger partial charge >= 0.3 is 0 Å². The van der Waals surface area contributed by atoms with Crippen molar-refractivity contribution in [1.82, 2.24) is 14.9 Å². The van der Waals surface area contributed by atoms with Crippen molar-refractivity contribution < 1.29 is 4.74 Å². The molecule has 130 valence electrons. The van der Waals surface area contributed by atoms with E-state index in [1.807, 2.05) is 6.07 Å². The van der Waals surface area contributed by atoms with Crippen LogP contribution in [-0.4, -0.2) is 41.2 Å². The van der Waals surface area contributed by atoms with Crippen molar-refractivity contribution in [2.24, 2.45) is 5.84 Å². The molecular weight excluding hydrogens is 334 g/mol. The van der Waals surface area contributed by atoms with Gasteiger partial charge in [0.2, 0.25) is 0 Å². The Kier molecular flexibility index (Phi) is 4.63. The monoisotopic (exact) mass is 355 g/mol. The number of morpholine rings is 1. The van der Waals surface area contributed by atoms with Crippen LogP contribution in [0, 0.1) is 6.92 Å². The van der Waals surface area contributed by atoms with Gasteiger partial charge in [-0.1, -0.05) is 24.3 Å². The summed E-state index contributed by atoms with van der Waals surface area (Å²) < 4.78 is 6.44. The Balaban J connectivity index is 1.76. The van der Waals surface area contributed by atoms with Crippen LogP contribution < -0.4 is 11.3 Å². The van der Waals surface area contributed by atoms with Gasteiger partial charge in [-0.3, -0.25) is 4.90 Å². The second kappa shape index (κ2) is 7.05. The highest BCUT2D eigenvalue weighted by Gasteiger charge is 2.17. The number of nitrogen functional groups attached to an aromatic ring is 1. The van der Waals surface area contributed by atoms with E-state index in [1.165, 1.54) is 5.56 Å². The zero-order valence-electron chi connectivity index (χ0n) is 14.2. The predicted molar refractivity (Wildman–Crippen MR) is 101 cm³/mol. The van der Waals surface area contributed by atoms with Crippen LogP contribution in [0.1, 0.15) is 11.1 Å². The summed E-state index contributed by atoms with van der Waals surface area (Å²) in [6, 6.07) is 8.32. The quantitative estimate of drug-likeness (QED) is 0.554. The molecule has 0 radical (unpaired) electrons. The van der Waals surface area contributed by atoms with Crippen LogP contribution in [0.4, 0.5) is 5.82 Å². The van der Waals surface area contributed by atoms with Crippen LogP contribution in [0.5, 0.6) is 0 Å². The smallest absolute Gasteiger partial charge is 0.162 e. The third-order valence-electron chi connectivity index (χ3n) is 4.49. The van der Waals surface area contributed by atoms with E-state index >= 15 is 0 Å². The van der Waals surface area contributed by atoms with E-state index in [4.69, 9.17) is 15.6 Å². The van der Waals surface area contributed by atoms with Crippen LogP contribution in [0.15, 0.2) is 29.6 Å². The highest BCUT2D eigenvalue weighted by molar-refractivity contribution is 7.18. The van der Waals surface area contributed by atoms with Crippen LogP contribution in [0.25, 0.3) is 21.6 Å². The molecule has 0 amide bonds. The van der Waals surface area contributed by atoms with Crippen LogP contribution in [0.2, 0.25) is 0 Å². The molecule has 4 rings (SSSR count). The SMILES string of the molecule is Cc1csc2c(NN)nc(-c3ccccc3CN3CCOCC3)nc12. The first-order valence-corrected chi connectivity index (χ1v) is 9.25. The number of aryl methyl sites for hydroxylation is 1. The second-order valence-electron chi connectivity index (χ2n) is 6.18. The third-order valence-corrected chi connectivity index (χ3v) is 5.58. The summed E-state index contributed by atoms with van der Waals surface area (Å²) in [5, 5.41) is 2.09. The number of thiophene rings is 1. The van der Waals surface area contributed by atoms with Crippen molar-refractivity contribution in [3.8, 4) is 11.4 Å². The molecule has 0 aliphatic carbocycles. The van der Waals surface area contributed by atoms with E-state index in [2.05, 4.69) is 45.8 Å². The van der Waals surface area contributed by atoms with Crippen molar-refractivity contribution in [2.45, 2.75) is 13.5 Å². The number of anilines is 1. The van der Waals surface area contributed by atoms with Crippen molar-refractivity contribution >= 4 is 27.4 Å². The summed E-state index contributed by atoms with van der Waals surface area (Å²) in [5.41, 5.74) is 7.11. The number of nitrogens with one attached hydrogen (secondary N) is 1. The van der Waals surface area contributed by atoms with Crippen molar-refractivity contribution in [3.63, 3.8) is 0 Å². The maximum absolute atomic E-state index is 5.70. The number of benzene rings is 1. The predicted octanol–water partition coefficient (Wildman–Crippen LogP) is 2.78. The molecule has 0 bridgehead atoms. The molecule has 0 atom stereocenters. The molecular formula is C18H21N5OS. The Morgan fingerprint density at radius 1 is 1.24 bits per heavy atom. The number of nitrogens with two attached hydrogens (primary N) is 1. The van der Waals surface area contributed by atoms with Crippen LogP contribution in [0.3, 0.4) is 0 Å². The lowest BCUT2D eigenvalue weighted by molar-refractivity contribution is 0.0342. The largest absolute Gasteiger partial charge is 0.379 e. The average molecular weight is 355 g/mol. The zero-order chi connectivity index (χ0) is 17.2. The minimum atomic E-state index is 0.680. The molecule has 3 N–H and O–H groups in total. The maximum atomic E-state index is 5.70. The third kappa shape index (κ3) is 3.23. The van der Waals surface area contributed by atoms with Crippen molar-refractivity contribution in [1.29, 1.82) is 0 Å². The van der Waals surface area contributed by atoms with Crippen LogP contribution in [-0.2, 0) is 11.3 Å². The fourth-order valence-corrected chi connectivity index (χ4v) is 4.07. The van der Waals surface area contributed by atoms with Gasteiger partial charge in [0.05, 0.1) is 23.4 Å². The number of hydrazine groups is 1. The van der Waals surface area contributed by atoms with Gasteiger partial charge in [0.25, 0.3) is 0 Å². The first-order chi connectivity index (χ1) is 12.3. The summed E-state index contributed by atoms with van der Waals surface area (Å²) in [6.45, 7) is 6.42. The number of nitrogens with zero attached hydrogens (tertiary/aromatic N) is 3. The summed E-state index contributed by atoms with van der Waals surface area (Å²) in [7, 11) is 0. The van der Waals surface area contributed by atoms with Gasteiger partial charge in [-0.05, 0) is 23.4 Å². The average Bonchev–Trinajstić information content (AvgIpc) is 3.03. The van der Waals surface area contributed by atoms with E-state index in [0.29, 0.717) is 11.6 Å². The minimum Gasteiger partial charge on any atom is -0.379 e. The minimum absolute atomic E-state index is 0.680. The molecule has 1 aliphatic rings. The molecule has 6 nitrogen and oxygen atoms in total. The van der Waals surface area contributed by atoms with E-state index in [-0.39, 0.29) is 0 Å². The molecule has 0 spiro atoms. The fourth-order valence-electron chi connectivity index (χ4n) is 3.13. The molecule has 2 aromatic heterocycles. The standard InChI is InChI=1S/C18H21N5OS/c1-12-11-25-16-15(12)20-17(21-18(16)22-19)14-5-3-2-4-13(14)10-23-6-8-24-9-7-23/h2-5,11H,6-10,19H2,1H3,(H,20,21,22). The molecule has 1 aromatic carbocycles. The first-order valence-electron chi connectivity index (χ1n) is 8.37. The second-order valence-corrected chi connectivity index (χ2v) is 7.06. The number of aromatic nitrogens is 2. The lowest BCUT2D eigenvalue weighted by atomic mass is 10.1. The lowest BCUT2D eigenvalue weighted by Gasteiger charge is -2.27.